The summed E-state index contributed by atoms with van der Waals surface area (Å²) in [5.74, 6) is 0.00551. The van der Waals surface area contributed by atoms with Gasteiger partial charge in [-0.25, -0.2) is 9.78 Å². The fourth-order valence-electron chi connectivity index (χ4n) is 2.86. The Morgan fingerprint density at radius 2 is 2.03 bits per heavy atom. The van der Waals surface area contributed by atoms with Crippen LogP contribution in [0.1, 0.15) is 21.9 Å². The zero-order chi connectivity index (χ0) is 20.4. The molecule has 0 saturated carbocycles. The van der Waals surface area contributed by atoms with Gasteiger partial charge in [0.05, 0.1) is 29.2 Å². The zero-order valence-corrected chi connectivity index (χ0v) is 16.4. The molecule has 1 N–H and O–H groups in total. The number of aryl methyl sites for hydroxylation is 1. The van der Waals surface area contributed by atoms with Gasteiger partial charge in [-0.15, -0.1) is 11.3 Å². The summed E-state index contributed by atoms with van der Waals surface area (Å²) in [6.07, 6.45) is 4.36. The van der Waals surface area contributed by atoms with Gasteiger partial charge >= 0.3 is 5.97 Å². The molecule has 1 amide bonds. The highest BCUT2D eigenvalue weighted by Gasteiger charge is 2.28. The summed E-state index contributed by atoms with van der Waals surface area (Å²) in [6, 6.07) is 11.1. The molecule has 0 unspecified atom stereocenters. The lowest BCUT2D eigenvalue weighted by Gasteiger charge is -2.02. The second-order valence-corrected chi connectivity index (χ2v) is 7.08. The van der Waals surface area contributed by atoms with Crippen molar-refractivity contribution in [2.75, 3.05) is 12.4 Å². The molecule has 3 aromatic heterocycles. The topological polar surface area (TPSA) is 94.6 Å². The number of hydrogen-bond acceptors (Lipinski definition) is 7. The molecule has 7 nitrogen and oxygen atoms in total. The lowest BCUT2D eigenvalue weighted by Crippen LogP contribution is -2.09. The first-order valence-electron chi connectivity index (χ1n) is 8.67. The number of nitrogens with one attached hydrogen (secondary N) is 1. The number of furan rings is 2. The molecule has 0 aliphatic heterocycles. The van der Waals surface area contributed by atoms with Crippen molar-refractivity contribution in [2.24, 2.45) is 0 Å². The van der Waals surface area contributed by atoms with E-state index in [1.807, 2.05) is 24.3 Å². The van der Waals surface area contributed by atoms with Crippen molar-refractivity contribution < 1.29 is 23.2 Å². The van der Waals surface area contributed by atoms with Crippen molar-refractivity contribution in [1.29, 1.82) is 0 Å². The predicted octanol–water partition coefficient (Wildman–Crippen LogP) is 4.90. The summed E-state index contributed by atoms with van der Waals surface area (Å²) < 4.78 is 16.7. The maximum Gasteiger partial charge on any atom is 0.342 e. The molecule has 0 aliphatic rings. The van der Waals surface area contributed by atoms with E-state index in [0.29, 0.717) is 22.1 Å². The van der Waals surface area contributed by atoms with Crippen molar-refractivity contribution >= 4 is 45.4 Å². The molecule has 3 heterocycles. The number of aromatic nitrogens is 1. The van der Waals surface area contributed by atoms with Crippen molar-refractivity contribution in [1.82, 2.24) is 4.98 Å². The lowest BCUT2D eigenvalue weighted by atomic mass is 10.1. The summed E-state index contributed by atoms with van der Waals surface area (Å²) in [6.45, 7) is 1.64. The van der Waals surface area contributed by atoms with E-state index in [-0.39, 0.29) is 11.4 Å². The molecule has 146 valence electrons. The number of ether oxygens (including phenoxy) is 1. The van der Waals surface area contributed by atoms with Crippen LogP contribution in [0.3, 0.4) is 0 Å². The van der Waals surface area contributed by atoms with E-state index < -0.39 is 11.9 Å². The average molecular weight is 408 g/mol. The number of carbonyl (C=O) groups excluding carboxylic acids is 2. The molecular formula is C21H16N2O5S. The van der Waals surface area contributed by atoms with E-state index in [1.165, 1.54) is 36.9 Å². The van der Waals surface area contributed by atoms with Crippen LogP contribution >= 0.6 is 11.3 Å². The Hall–Kier alpha value is -3.65. The van der Waals surface area contributed by atoms with Crippen LogP contribution in [-0.2, 0) is 9.53 Å². The minimum atomic E-state index is -0.563. The van der Waals surface area contributed by atoms with Crippen LogP contribution < -0.4 is 5.32 Å². The first-order chi connectivity index (χ1) is 14.1. The third kappa shape index (κ3) is 3.70. The lowest BCUT2D eigenvalue weighted by molar-refractivity contribution is -0.111. The van der Waals surface area contributed by atoms with Gasteiger partial charge < -0.3 is 13.6 Å². The van der Waals surface area contributed by atoms with Gasteiger partial charge in [-0.05, 0) is 37.3 Å². The van der Waals surface area contributed by atoms with Gasteiger partial charge in [-0.1, -0.05) is 12.1 Å². The third-order valence-corrected chi connectivity index (χ3v) is 5.21. The highest BCUT2D eigenvalue weighted by molar-refractivity contribution is 7.21. The standard InChI is InChI=1S/C21H16N2O5S/c1-12-17(21(25)26-2)18(20-22-14-7-3-4-8-15(14)29-20)19(28-12)23-16(24)10-9-13-6-5-11-27-13/h3-11H,1-2H3,(H,23,24)/b10-9+. The van der Waals surface area contributed by atoms with Crippen LogP contribution in [0.25, 0.3) is 26.9 Å². The number of para-hydroxylation sites is 1. The first kappa shape index (κ1) is 18.7. The number of anilines is 1. The van der Waals surface area contributed by atoms with Gasteiger partial charge in [0.25, 0.3) is 5.91 Å². The van der Waals surface area contributed by atoms with Gasteiger partial charge in [-0.2, -0.15) is 0 Å². The third-order valence-electron chi connectivity index (χ3n) is 4.16. The number of thiazole rings is 1. The molecule has 8 heteroatoms. The van der Waals surface area contributed by atoms with Crippen LogP contribution in [0.5, 0.6) is 0 Å². The van der Waals surface area contributed by atoms with Crippen LogP contribution in [0, 0.1) is 6.92 Å². The minimum absolute atomic E-state index is 0.135. The number of rotatable bonds is 5. The number of fused-ring (bicyclic) bond motifs is 1. The van der Waals surface area contributed by atoms with E-state index >= 15 is 0 Å². The molecule has 0 fully saturated rings. The molecular weight excluding hydrogens is 392 g/mol. The fourth-order valence-corrected chi connectivity index (χ4v) is 3.88. The smallest absolute Gasteiger partial charge is 0.342 e. The SMILES string of the molecule is COC(=O)c1c(C)oc(NC(=O)/C=C/c2ccco2)c1-c1nc2ccccc2s1. The fraction of sp³-hybridized carbons (Fsp3) is 0.0952. The average Bonchev–Trinajstić information content (AvgIpc) is 3.44. The van der Waals surface area contributed by atoms with E-state index in [4.69, 9.17) is 13.6 Å². The Morgan fingerprint density at radius 1 is 1.21 bits per heavy atom. The van der Waals surface area contributed by atoms with Crippen LogP contribution in [-0.4, -0.2) is 24.0 Å². The number of esters is 1. The summed E-state index contributed by atoms with van der Waals surface area (Å²) >= 11 is 1.40. The van der Waals surface area contributed by atoms with Crippen molar-refractivity contribution in [3.63, 3.8) is 0 Å². The molecule has 0 atom stereocenters. The maximum absolute atomic E-state index is 12.4. The molecule has 1 aromatic carbocycles. The minimum Gasteiger partial charge on any atom is -0.465 e. The molecule has 0 spiro atoms. The van der Waals surface area contributed by atoms with Gasteiger partial charge in [0.2, 0.25) is 5.88 Å². The number of methoxy groups -OCH3 is 1. The molecule has 0 bridgehead atoms. The van der Waals surface area contributed by atoms with Gasteiger partial charge in [0, 0.05) is 6.08 Å². The summed E-state index contributed by atoms with van der Waals surface area (Å²) in [7, 11) is 1.29. The molecule has 0 radical (unpaired) electrons. The Kier molecular flexibility index (Phi) is 5.01. The van der Waals surface area contributed by atoms with Gasteiger partial charge in [0.1, 0.15) is 22.1 Å². The summed E-state index contributed by atoms with van der Waals surface area (Å²) in [5.41, 5.74) is 1.42. The summed E-state index contributed by atoms with van der Waals surface area (Å²) in [5, 5.41) is 3.23. The van der Waals surface area contributed by atoms with E-state index in [9.17, 15) is 9.59 Å². The highest BCUT2D eigenvalue weighted by atomic mass is 32.1. The predicted molar refractivity (Wildman–Crippen MR) is 110 cm³/mol. The van der Waals surface area contributed by atoms with E-state index in [2.05, 4.69) is 10.3 Å². The second-order valence-electron chi connectivity index (χ2n) is 6.05. The second kappa shape index (κ2) is 7.76. The maximum atomic E-state index is 12.4. The Morgan fingerprint density at radius 3 is 2.76 bits per heavy atom. The van der Waals surface area contributed by atoms with Crippen molar-refractivity contribution in [2.45, 2.75) is 6.92 Å². The molecule has 0 saturated heterocycles. The number of carbonyl (C=O) groups is 2. The zero-order valence-electron chi connectivity index (χ0n) is 15.6. The summed E-state index contributed by atoms with van der Waals surface area (Å²) in [4.78, 5) is 29.4. The first-order valence-corrected chi connectivity index (χ1v) is 9.48. The Balaban J connectivity index is 1.75. The number of amides is 1. The van der Waals surface area contributed by atoms with Crippen LogP contribution in [0.15, 0.2) is 57.6 Å². The van der Waals surface area contributed by atoms with Gasteiger partial charge in [0.15, 0.2) is 0 Å². The largest absolute Gasteiger partial charge is 0.465 e. The molecule has 4 rings (SSSR count). The van der Waals surface area contributed by atoms with Crippen LogP contribution in [0.2, 0.25) is 0 Å². The Bertz CT molecular complexity index is 1180. The number of nitrogens with zero attached hydrogens (tertiary/aromatic N) is 1. The van der Waals surface area contributed by atoms with Gasteiger partial charge in [-0.3, -0.25) is 10.1 Å². The van der Waals surface area contributed by atoms with E-state index in [1.54, 1.807) is 19.1 Å². The van der Waals surface area contributed by atoms with Crippen molar-refractivity contribution in [3.05, 3.63) is 65.8 Å². The Labute approximate surface area is 169 Å². The monoisotopic (exact) mass is 408 g/mol. The van der Waals surface area contributed by atoms with E-state index in [0.717, 1.165) is 10.2 Å². The number of hydrogen-bond donors (Lipinski definition) is 1. The molecule has 29 heavy (non-hydrogen) atoms. The quantitative estimate of drug-likeness (QED) is 0.373. The number of benzene rings is 1. The molecule has 0 aliphatic carbocycles. The molecule has 4 aromatic rings. The normalized spacial score (nSPS) is 11.2. The van der Waals surface area contributed by atoms with Crippen molar-refractivity contribution in [3.8, 4) is 10.6 Å². The highest BCUT2D eigenvalue weighted by Crippen LogP contribution is 2.40. The van der Waals surface area contributed by atoms with Crippen LogP contribution in [0.4, 0.5) is 5.88 Å².